The first-order chi connectivity index (χ1) is 10.1. The Morgan fingerprint density at radius 1 is 1.24 bits per heavy atom. The number of rotatable bonds is 6. The van der Waals surface area contributed by atoms with Crippen molar-refractivity contribution in [3.8, 4) is 5.75 Å². The Hall–Kier alpha value is -2.56. The van der Waals surface area contributed by atoms with E-state index in [9.17, 15) is 4.79 Å². The number of amides is 1. The van der Waals surface area contributed by atoms with E-state index < -0.39 is 0 Å². The van der Waals surface area contributed by atoms with Crippen molar-refractivity contribution in [3.05, 3.63) is 54.2 Å². The maximum absolute atomic E-state index is 11.7. The SMILES string of the molecule is CN(C)c1cc(CNC(=O)COc2ccccc2)ccn1. The summed E-state index contributed by atoms with van der Waals surface area (Å²) in [6.07, 6.45) is 1.73. The predicted molar refractivity (Wildman–Crippen MR) is 82.3 cm³/mol. The number of benzene rings is 1. The number of hydrogen-bond acceptors (Lipinski definition) is 4. The average Bonchev–Trinajstić information content (AvgIpc) is 2.52. The molecule has 0 spiro atoms. The zero-order valence-electron chi connectivity index (χ0n) is 12.2. The molecule has 2 rings (SSSR count). The van der Waals surface area contributed by atoms with Crippen LogP contribution >= 0.6 is 0 Å². The molecule has 0 saturated carbocycles. The third-order valence-corrected chi connectivity index (χ3v) is 2.87. The van der Waals surface area contributed by atoms with Crippen molar-refractivity contribution in [3.63, 3.8) is 0 Å². The van der Waals surface area contributed by atoms with Crippen LogP contribution in [0.3, 0.4) is 0 Å². The molecule has 110 valence electrons. The minimum absolute atomic E-state index is 0.00956. The van der Waals surface area contributed by atoms with E-state index in [0.29, 0.717) is 12.3 Å². The second-order valence-corrected chi connectivity index (χ2v) is 4.80. The van der Waals surface area contributed by atoms with E-state index in [0.717, 1.165) is 11.4 Å². The molecule has 0 unspecified atom stereocenters. The number of carbonyl (C=O) groups is 1. The Morgan fingerprint density at radius 3 is 2.71 bits per heavy atom. The summed E-state index contributed by atoms with van der Waals surface area (Å²) in [6.45, 7) is 0.468. The van der Waals surface area contributed by atoms with Gasteiger partial charge in [-0.15, -0.1) is 0 Å². The monoisotopic (exact) mass is 285 g/mol. The van der Waals surface area contributed by atoms with Crippen molar-refractivity contribution in [1.82, 2.24) is 10.3 Å². The van der Waals surface area contributed by atoms with Gasteiger partial charge in [0.1, 0.15) is 11.6 Å². The molecule has 0 radical (unpaired) electrons. The lowest BCUT2D eigenvalue weighted by Crippen LogP contribution is -2.28. The maximum Gasteiger partial charge on any atom is 0.258 e. The topological polar surface area (TPSA) is 54.5 Å². The molecule has 5 heteroatoms. The minimum atomic E-state index is -0.151. The van der Waals surface area contributed by atoms with E-state index >= 15 is 0 Å². The van der Waals surface area contributed by atoms with Crippen LogP contribution in [0.15, 0.2) is 48.7 Å². The number of ether oxygens (including phenoxy) is 1. The van der Waals surface area contributed by atoms with Crippen LogP contribution in [-0.4, -0.2) is 31.6 Å². The van der Waals surface area contributed by atoms with E-state index in [1.807, 2.05) is 61.5 Å². The number of pyridine rings is 1. The number of hydrogen-bond donors (Lipinski definition) is 1. The zero-order chi connectivity index (χ0) is 15.1. The van der Waals surface area contributed by atoms with Gasteiger partial charge in [-0.05, 0) is 29.8 Å². The van der Waals surface area contributed by atoms with E-state index in [2.05, 4.69) is 10.3 Å². The lowest BCUT2D eigenvalue weighted by molar-refractivity contribution is -0.123. The second kappa shape index (κ2) is 7.28. The molecule has 0 aliphatic heterocycles. The number of aromatic nitrogens is 1. The van der Waals surface area contributed by atoms with Crippen LogP contribution in [0.2, 0.25) is 0 Å². The first kappa shape index (κ1) is 14.8. The predicted octanol–water partition coefficient (Wildman–Crippen LogP) is 1.84. The fourth-order valence-electron chi connectivity index (χ4n) is 1.73. The number of carbonyl (C=O) groups excluding carboxylic acids is 1. The molecule has 5 nitrogen and oxygen atoms in total. The van der Waals surface area contributed by atoms with Crippen molar-refractivity contribution >= 4 is 11.7 Å². The van der Waals surface area contributed by atoms with Crippen molar-refractivity contribution in [1.29, 1.82) is 0 Å². The molecule has 1 aromatic carbocycles. The Balaban J connectivity index is 1.80. The van der Waals surface area contributed by atoms with E-state index in [-0.39, 0.29) is 12.5 Å². The molecule has 2 aromatic rings. The van der Waals surface area contributed by atoms with E-state index in [1.54, 1.807) is 6.20 Å². The Labute approximate surface area is 124 Å². The maximum atomic E-state index is 11.7. The quantitative estimate of drug-likeness (QED) is 0.880. The van der Waals surface area contributed by atoms with Gasteiger partial charge in [0.05, 0.1) is 0 Å². The highest BCUT2D eigenvalue weighted by Crippen LogP contribution is 2.09. The van der Waals surface area contributed by atoms with Crippen LogP contribution in [0, 0.1) is 0 Å². The third kappa shape index (κ3) is 4.80. The van der Waals surface area contributed by atoms with Crippen LogP contribution in [-0.2, 0) is 11.3 Å². The molecule has 0 aliphatic rings. The molecule has 0 aliphatic carbocycles. The first-order valence-corrected chi connectivity index (χ1v) is 6.72. The summed E-state index contributed by atoms with van der Waals surface area (Å²) >= 11 is 0. The molecular weight excluding hydrogens is 266 g/mol. The highest BCUT2D eigenvalue weighted by molar-refractivity contribution is 5.77. The molecule has 0 bridgehead atoms. The normalized spacial score (nSPS) is 10.0. The molecular formula is C16H19N3O2. The van der Waals surface area contributed by atoms with Gasteiger partial charge in [0, 0.05) is 26.8 Å². The Kier molecular flexibility index (Phi) is 5.15. The van der Waals surface area contributed by atoms with E-state index in [4.69, 9.17) is 4.74 Å². The molecule has 0 fully saturated rings. The molecule has 1 aromatic heterocycles. The highest BCUT2D eigenvalue weighted by atomic mass is 16.5. The summed E-state index contributed by atoms with van der Waals surface area (Å²) in [7, 11) is 3.86. The van der Waals surface area contributed by atoms with Crippen LogP contribution < -0.4 is 15.0 Å². The van der Waals surface area contributed by atoms with E-state index in [1.165, 1.54) is 0 Å². The van der Waals surface area contributed by atoms with Crippen LogP contribution in [0.4, 0.5) is 5.82 Å². The summed E-state index contributed by atoms with van der Waals surface area (Å²) in [5.74, 6) is 1.40. The van der Waals surface area contributed by atoms with Crippen molar-refractivity contribution < 1.29 is 9.53 Å². The second-order valence-electron chi connectivity index (χ2n) is 4.80. The largest absolute Gasteiger partial charge is 0.484 e. The smallest absolute Gasteiger partial charge is 0.258 e. The Morgan fingerprint density at radius 2 is 2.00 bits per heavy atom. The summed E-state index contributed by atoms with van der Waals surface area (Å²) in [5.41, 5.74) is 1.00. The number of anilines is 1. The third-order valence-electron chi connectivity index (χ3n) is 2.87. The summed E-state index contributed by atoms with van der Waals surface area (Å²) in [6, 6.07) is 13.1. The number of nitrogens with zero attached hydrogens (tertiary/aromatic N) is 2. The molecule has 21 heavy (non-hydrogen) atoms. The summed E-state index contributed by atoms with van der Waals surface area (Å²) in [4.78, 5) is 17.9. The standard InChI is InChI=1S/C16H19N3O2/c1-19(2)15-10-13(8-9-17-15)11-18-16(20)12-21-14-6-4-3-5-7-14/h3-10H,11-12H2,1-2H3,(H,18,20). The Bertz CT molecular complexity index is 585. The van der Waals surface area contributed by atoms with Gasteiger partial charge in [-0.25, -0.2) is 4.98 Å². The van der Waals surface area contributed by atoms with Gasteiger partial charge in [-0.3, -0.25) is 4.79 Å². The van der Waals surface area contributed by atoms with Crippen molar-refractivity contribution in [2.75, 3.05) is 25.6 Å². The first-order valence-electron chi connectivity index (χ1n) is 6.72. The fraction of sp³-hybridized carbons (Fsp3) is 0.250. The minimum Gasteiger partial charge on any atom is -0.484 e. The van der Waals surface area contributed by atoms with Crippen LogP contribution in [0.25, 0.3) is 0 Å². The molecule has 1 N–H and O–H groups in total. The lowest BCUT2D eigenvalue weighted by atomic mass is 10.2. The molecule has 1 heterocycles. The average molecular weight is 285 g/mol. The van der Waals surface area contributed by atoms with Crippen LogP contribution in [0.1, 0.15) is 5.56 Å². The number of para-hydroxylation sites is 1. The van der Waals surface area contributed by atoms with Gasteiger partial charge < -0.3 is 15.0 Å². The molecule has 0 saturated heterocycles. The van der Waals surface area contributed by atoms with Gasteiger partial charge >= 0.3 is 0 Å². The fourth-order valence-corrected chi connectivity index (χ4v) is 1.73. The van der Waals surface area contributed by atoms with Gasteiger partial charge in [0.15, 0.2) is 6.61 Å². The molecule has 1 amide bonds. The van der Waals surface area contributed by atoms with Crippen molar-refractivity contribution in [2.45, 2.75) is 6.54 Å². The molecule has 0 atom stereocenters. The van der Waals surface area contributed by atoms with Crippen molar-refractivity contribution in [2.24, 2.45) is 0 Å². The van der Waals surface area contributed by atoms with Gasteiger partial charge in [0.2, 0.25) is 0 Å². The zero-order valence-corrected chi connectivity index (χ0v) is 12.2. The van der Waals surface area contributed by atoms with Gasteiger partial charge in [0.25, 0.3) is 5.91 Å². The van der Waals surface area contributed by atoms with Gasteiger partial charge in [-0.1, -0.05) is 18.2 Å². The van der Waals surface area contributed by atoms with Gasteiger partial charge in [-0.2, -0.15) is 0 Å². The summed E-state index contributed by atoms with van der Waals surface area (Å²) < 4.78 is 5.39. The summed E-state index contributed by atoms with van der Waals surface area (Å²) in [5, 5.41) is 2.83. The number of nitrogens with one attached hydrogen (secondary N) is 1. The highest BCUT2D eigenvalue weighted by Gasteiger charge is 2.04. The lowest BCUT2D eigenvalue weighted by Gasteiger charge is -2.12. The van der Waals surface area contributed by atoms with Crippen LogP contribution in [0.5, 0.6) is 5.75 Å².